The van der Waals surface area contributed by atoms with Crippen molar-refractivity contribution in [2.75, 3.05) is 0 Å². The van der Waals surface area contributed by atoms with E-state index in [1.165, 1.54) is 12.1 Å². The van der Waals surface area contributed by atoms with E-state index in [0.717, 1.165) is 21.9 Å². The summed E-state index contributed by atoms with van der Waals surface area (Å²) in [6.07, 6.45) is 0. The summed E-state index contributed by atoms with van der Waals surface area (Å²) in [4.78, 5) is 7.83. The molecular formula is C15H8ClFN2. The predicted molar refractivity (Wildman–Crippen MR) is 76.1 cm³/mol. The molecule has 4 rings (SSSR count). The number of nitrogens with one attached hydrogen (secondary N) is 1. The van der Waals surface area contributed by atoms with Crippen molar-refractivity contribution in [2.24, 2.45) is 0 Å². The lowest BCUT2D eigenvalue weighted by atomic mass is 10.1. The standard InChI is InChI=1S/C15H8ClFN2/c16-13-10-7-8(17)5-6-12(10)18-14-9-3-1-2-4-11(9)19-15(13)14/h1-7,19H. The molecule has 2 aromatic carbocycles. The number of fused-ring (bicyclic) bond motifs is 4. The van der Waals surface area contributed by atoms with Crippen LogP contribution in [-0.4, -0.2) is 9.97 Å². The first-order valence-corrected chi connectivity index (χ1v) is 6.27. The number of rotatable bonds is 0. The number of halogens is 2. The van der Waals surface area contributed by atoms with Crippen LogP contribution in [0.15, 0.2) is 42.5 Å². The zero-order chi connectivity index (χ0) is 13.0. The highest BCUT2D eigenvalue weighted by Gasteiger charge is 2.12. The molecule has 92 valence electrons. The van der Waals surface area contributed by atoms with Gasteiger partial charge >= 0.3 is 0 Å². The molecule has 4 heteroatoms. The van der Waals surface area contributed by atoms with Crippen LogP contribution < -0.4 is 0 Å². The van der Waals surface area contributed by atoms with E-state index in [4.69, 9.17) is 11.6 Å². The van der Waals surface area contributed by atoms with E-state index in [1.807, 2.05) is 24.3 Å². The van der Waals surface area contributed by atoms with Crippen molar-refractivity contribution in [1.29, 1.82) is 0 Å². The Morgan fingerprint density at radius 3 is 2.79 bits per heavy atom. The fourth-order valence-electron chi connectivity index (χ4n) is 2.44. The van der Waals surface area contributed by atoms with Crippen molar-refractivity contribution in [3.05, 3.63) is 53.3 Å². The molecule has 0 saturated heterocycles. The molecule has 1 N–H and O–H groups in total. The van der Waals surface area contributed by atoms with Crippen LogP contribution in [-0.2, 0) is 0 Å². The number of aromatic nitrogens is 2. The zero-order valence-electron chi connectivity index (χ0n) is 9.74. The van der Waals surface area contributed by atoms with Gasteiger partial charge in [-0.15, -0.1) is 0 Å². The molecule has 0 aliphatic carbocycles. The molecule has 0 bridgehead atoms. The fourth-order valence-corrected chi connectivity index (χ4v) is 2.73. The highest BCUT2D eigenvalue weighted by molar-refractivity contribution is 6.40. The number of para-hydroxylation sites is 1. The lowest BCUT2D eigenvalue weighted by Gasteiger charge is -2.02. The van der Waals surface area contributed by atoms with Gasteiger partial charge < -0.3 is 4.98 Å². The molecule has 4 aromatic rings. The first kappa shape index (κ1) is 10.8. The normalized spacial score (nSPS) is 11.7. The number of hydrogen-bond acceptors (Lipinski definition) is 1. The number of H-pyrrole nitrogens is 1. The first-order valence-electron chi connectivity index (χ1n) is 5.89. The molecule has 0 radical (unpaired) electrons. The van der Waals surface area contributed by atoms with E-state index in [9.17, 15) is 4.39 Å². The van der Waals surface area contributed by atoms with Gasteiger partial charge in [0.1, 0.15) is 5.82 Å². The molecule has 2 aromatic heterocycles. The van der Waals surface area contributed by atoms with E-state index in [0.29, 0.717) is 15.9 Å². The van der Waals surface area contributed by atoms with Crippen molar-refractivity contribution in [2.45, 2.75) is 0 Å². The van der Waals surface area contributed by atoms with Gasteiger partial charge in [0.2, 0.25) is 0 Å². The summed E-state index contributed by atoms with van der Waals surface area (Å²) in [6.45, 7) is 0. The maximum absolute atomic E-state index is 13.3. The van der Waals surface area contributed by atoms with Gasteiger partial charge in [0.15, 0.2) is 0 Å². The van der Waals surface area contributed by atoms with Crippen molar-refractivity contribution in [3.8, 4) is 0 Å². The molecule has 0 spiro atoms. The number of nitrogens with zero attached hydrogens (tertiary/aromatic N) is 1. The Kier molecular flexibility index (Phi) is 2.09. The third-order valence-electron chi connectivity index (χ3n) is 3.33. The highest BCUT2D eigenvalue weighted by Crippen LogP contribution is 2.34. The molecule has 0 saturated carbocycles. The lowest BCUT2D eigenvalue weighted by Crippen LogP contribution is -1.84. The molecular weight excluding hydrogens is 263 g/mol. The smallest absolute Gasteiger partial charge is 0.124 e. The van der Waals surface area contributed by atoms with E-state index in [1.54, 1.807) is 6.07 Å². The minimum atomic E-state index is -0.313. The minimum absolute atomic E-state index is 0.313. The Labute approximate surface area is 112 Å². The maximum atomic E-state index is 13.3. The predicted octanol–water partition coefficient (Wildman–Crippen LogP) is 4.66. The number of benzene rings is 2. The quantitative estimate of drug-likeness (QED) is 0.494. The summed E-state index contributed by atoms with van der Waals surface area (Å²) in [6, 6.07) is 12.3. The van der Waals surface area contributed by atoms with Crippen LogP contribution in [0.5, 0.6) is 0 Å². The third kappa shape index (κ3) is 1.45. The van der Waals surface area contributed by atoms with E-state index in [2.05, 4.69) is 9.97 Å². The van der Waals surface area contributed by atoms with E-state index >= 15 is 0 Å². The Balaban J connectivity index is 2.29. The average molecular weight is 271 g/mol. The molecule has 0 fully saturated rings. The zero-order valence-corrected chi connectivity index (χ0v) is 10.5. The van der Waals surface area contributed by atoms with Crippen LogP contribution >= 0.6 is 11.6 Å². The highest BCUT2D eigenvalue weighted by atomic mass is 35.5. The number of hydrogen-bond donors (Lipinski definition) is 1. The molecule has 19 heavy (non-hydrogen) atoms. The summed E-state index contributed by atoms with van der Waals surface area (Å²) in [5.41, 5.74) is 3.24. The summed E-state index contributed by atoms with van der Waals surface area (Å²) < 4.78 is 13.3. The monoisotopic (exact) mass is 270 g/mol. The maximum Gasteiger partial charge on any atom is 0.124 e. The van der Waals surface area contributed by atoms with Gasteiger partial charge in [-0.25, -0.2) is 9.37 Å². The molecule has 0 amide bonds. The van der Waals surface area contributed by atoms with Gasteiger partial charge in [0, 0.05) is 16.3 Å². The van der Waals surface area contributed by atoms with Crippen LogP contribution in [0, 0.1) is 5.82 Å². The van der Waals surface area contributed by atoms with Gasteiger partial charge in [-0.2, -0.15) is 0 Å². The molecule has 0 unspecified atom stereocenters. The van der Waals surface area contributed by atoms with Crippen LogP contribution in [0.25, 0.3) is 32.8 Å². The van der Waals surface area contributed by atoms with Gasteiger partial charge in [-0.1, -0.05) is 29.8 Å². The molecule has 0 aliphatic heterocycles. The van der Waals surface area contributed by atoms with Gasteiger partial charge in [0.05, 0.1) is 21.6 Å². The topological polar surface area (TPSA) is 28.7 Å². The van der Waals surface area contributed by atoms with Crippen LogP contribution in [0.4, 0.5) is 4.39 Å². The van der Waals surface area contributed by atoms with Gasteiger partial charge in [0.25, 0.3) is 0 Å². The third-order valence-corrected chi connectivity index (χ3v) is 3.72. The number of pyridine rings is 1. The SMILES string of the molecule is Fc1ccc2nc3c([nH]c4ccccc43)c(Cl)c2c1. The summed E-state index contributed by atoms with van der Waals surface area (Å²) in [5.74, 6) is -0.313. The van der Waals surface area contributed by atoms with Crippen LogP contribution in [0.3, 0.4) is 0 Å². The van der Waals surface area contributed by atoms with Crippen molar-refractivity contribution >= 4 is 44.4 Å². The second-order valence-corrected chi connectivity index (χ2v) is 4.86. The molecule has 2 heterocycles. The van der Waals surface area contributed by atoms with E-state index < -0.39 is 0 Å². The van der Waals surface area contributed by atoms with Crippen molar-refractivity contribution in [3.63, 3.8) is 0 Å². The Morgan fingerprint density at radius 1 is 1.05 bits per heavy atom. The summed E-state index contributed by atoms with van der Waals surface area (Å²) >= 11 is 6.38. The second-order valence-electron chi connectivity index (χ2n) is 4.48. The van der Waals surface area contributed by atoms with Gasteiger partial charge in [-0.3, -0.25) is 0 Å². The lowest BCUT2D eigenvalue weighted by molar-refractivity contribution is 0.629. The first-order chi connectivity index (χ1) is 9.24. The summed E-state index contributed by atoms with van der Waals surface area (Å²) in [5, 5.41) is 2.15. The Bertz CT molecular complexity index is 943. The van der Waals surface area contributed by atoms with Crippen LogP contribution in [0.1, 0.15) is 0 Å². The van der Waals surface area contributed by atoms with Crippen molar-refractivity contribution < 1.29 is 4.39 Å². The summed E-state index contributed by atoms with van der Waals surface area (Å²) in [7, 11) is 0. The van der Waals surface area contributed by atoms with Gasteiger partial charge in [-0.05, 0) is 24.3 Å². The van der Waals surface area contributed by atoms with Crippen LogP contribution in [0.2, 0.25) is 5.02 Å². The minimum Gasteiger partial charge on any atom is -0.352 e. The Morgan fingerprint density at radius 2 is 1.89 bits per heavy atom. The molecule has 0 atom stereocenters. The molecule has 2 nitrogen and oxygen atoms in total. The average Bonchev–Trinajstić information content (AvgIpc) is 2.79. The molecule has 0 aliphatic rings. The van der Waals surface area contributed by atoms with E-state index in [-0.39, 0.29) is 5.82 Å². The largest absolute Gasteiger partial charge is 0.352 e. The second kappa shape index (κ2) is 3.68. The van der Waals surface area contributed by atoms with Crippen molar-refractivity contribution in [1.82, 2.24) is 9.97 Å². The Hall–Kier alpha value is -2.13. The number of aromatic amines is 1. The fraction of sp³-hybridized carbons (Fsp3) is 0.